The van der Waals surface area contributed by atoms with E-state index in [0.29, 0.717) is 15.4 Å². The van der Waals surface area contributed by atoms with E-state index in [2.05, 4.69) is 53.8 Å². The molecule has 0 fully saturated rings. The topological polar surface area (TPSA) is 37.8 Å². The zero-order chi connectivity index (χ0) is 11.5. The number of anilines is 2. The van der Waals surface area contributed by atoms with Gasteiger partial charge in [-0.2, -0.15) is 0 Å². The van der Waals surface area contributed by atoms with Gasteiger partial charge in [0.15, 0.2) is 0 Å². The molecule has 1 aromatic heterocycles. The van der Waals surface area contributed by atoms with Gasteiger partial charge in [0.05, 0.1) is 10.2 Å². The molecule has 2 aromatic rings. The van der Waals surface area contributed by atoms with Crippen molar-refractivity contribution in [1.82, 2.24) is 9.97 Å². The lowest BCUT2D eigenvalue weighted by Gasteiger charge is -2.09. The Bertz CT molecular complexity index is 521. The molecule has 0 radical (unpaired) electrons. The van der Waals surface area contributed by atoms with Crippen LogP contribution in [0.25, 0.3) is 0 Å². The second-order valence-corrected chi connectivity index (χ2v) is 5.25. The van der Waals surface area contributed by atoms with Gasteiger partial charge in [-0.3, -0.25) is 0 Å². The molecule has 0 spiro atoms. The van der Waals surface area contributed by atoms with Crippen molar-refractivity contribution in [3.05, 3.63) is 43.8 Å². The molecule has 0 amide bonds. The molecule has 0 atom stereocenters. The van der Waals surface area contributed by atoms with E-state index in [0.717, 1.165) is 9.26 Å². The molecular formula is C10H6BrClIN3. The zero-order valence-electron chi connectivity index (χ0n) is 7.92. The quantitative estimate of drug-likeness (QED) is 0.595. The molecule has 0 saturated heterocycles. The van der Waals surface area contributed by atoms with Gasteiger partial charge in [-0.25, -0.2) is 9.97 Å². The Morgan fingerprint density at radius 1 is 1.25 bits per heavy atom. The summed E-state index contributed by atoms with van der Waals surface area (Å²) in [6.45, 7) is 0. The number of benzene rings is 1. The highest BCUT2D eigenvalue weighted by atomic mass is 127. The minimum absolute atomic E-state index is 0.392. The van der Waals surface area contributed by atoms with E-state index in [1.807, 2.05) is 24.3 Å². The highest BCUT2D eigenvalue weighted by molar-refractivity contribution is 14.1. The van der Waals surface area contributed by atoms with E-state index in [1.54, 1.807) is 0 Å². The van der Waals surface area contributed by atoms with E-state index in [9.17, 15) is 0 Å². The third-order valence-corrected chi connectivity index (χ3v) is 4.08. The van der Waals surface area contributed by atoms with Crippen molar-refractivity contribution < 1.29 is 0 Å². The average Bonchev–Trinajstić information content (AvgIpc) is 2.28. The number of nitrogens with zero attached hydrogens (tertiary/aromatic N) is 2. The maximum atomic E-state index is 5.88. The zero-order valence-corrected chi connectivity index (χ0v) is 12.4. The summed E-state index contributed by atoms with van der Waals surface area (Å²) < 4.78 is 1.78. The molecule has 16 heavy (non-hydrogen) atoms. The van der Waals surface area contributed by atoms with Gasteiger partial charge in [0.25, 0.3) is 0 Å². The highest BCUT2D eigenvalue weighted by Gasteiger charge is 2.07. The molecule has 1 N–H and O–H groups in total. The summed E-state index contributed by atoms with van der Waals surface area (Å²) in [5.74, 6) is 0.657. The monoisotopic (exact) mass is 409 g/mol. The molecule has 0 bridgehead atoms. The number of nitrogens with one attached hydrogen (secondary N) is 1. The Balaban J connectivity index is 2.35. The number of halogens is 3. The summed E-state index contributed by atoms with van der Waals surface area (Å²) in [5.41, 5.74) is 0.985. The van der Waals surface area contributed by atoms with Crippen molar-refractivity contribution in [2.45, 2.75) is 0 Å². The fraction of sp³-hybridized carbons (Fsp3) is 0. The fourth-order valence-electron chi connectivity index (χ4n) is 1.13. The van der Waals surface area contributed by atoms with Crippen molar-refractivity contribution in [2.24, 2.45) is 0 Å². The Morgan fingerprint density at radius 2 is 2.00 bits per heavy atom. The van der Waals surface area contributed by atoms with Gasteiger partial charge in [-0.1, -0.05) is 23.7 Å². The molecule has 0 saturated carbocycles. The molecule has 0 aliphatic heterocycles. The number of aromatic nitrogens is 2. The summed E-state index contributed by atoms with van der Waals surface area (Å²) in [6.07, 6.45) is 1.42. The first-order valence-corrected chi connectivity index (χ1v) is 6.61. The minimum atomic E-state index is 0.392. The van der Waals surface area contributed by atoms with E-state index < -0.39 is 0 Å². The maximum Gasteiger partial charge on any atom is 0.149 e. The van der Waals surface area contributed by atoms with Gasteiger partial charge < -0.3 is 5.32 Å². The molecule has 82 valence electrons. The smallest absolute Gasteiger partial charge is 0.149 e. The Labute approximate surface area is 120 Å². The summed E-state index contributed by atoms with van der Waals surface area (Å²) in [7, 11) is 0. The van der Waals surface area contributed by atoms with Crippen molar-refractivity contribution in [3.8, 4) is 0 Å². The van der Waals surface area contributed by atoms with E-state index in [1.165, 1.54) is 6.33 Å². The number of hydrogen-bond donors (Lipinski definition) is 1. The molecule has 0 aliphatic carbocycles. The Hall–Kier alpha value is -0.400. The number of para-hydroxylation sites is 1. The molecular weight excluding hydrogens is 404 g/mol. The Kier molecular flexibility index (Phi) is 3.99. The standard InChI is InChI=1S/C10H6BrClIN3/c11-8-9(12)14-5-15-10(8)16-7-4-2-1-3-6(7)13/h1-5H,(H,14,15,16). The van der Waals surface area contributed by atoms with Crippen LogP contribution in [0.15, 0.2) is 35.1 Å². The SMILES string of the molecule is Clc1ncnc(Nc2ccccc2I)c1Br. The predicted octanol–water partition coefficient (Wildman–Crippen LogP) is 4.24. The summed E-state index contributed by atoms with van der Waals surface area (Å²) in [5, 5.41) is 3.58. The van der Waals surface area contributed by atoms with E-state index >= 15 is 0 Å². The van der Waals surface area contributed by atoms with Crippen molar-refractivity contribution in [3.63, 3.8) is 0 Å². The lowest BCUT2D eigenvalue weighted by Crippen LogP contribution is -1.97. The van der Waals surface area contributed by atoms with E-state index in [4.69, 9.17) is 11.6 Å². The molecule has 0 unspecified atom stereocenters. The van der Waals surface area contributed by atoms with Crippen LogP contribution in [0.1, 0.15) is 0 Å². The largest absolute Gasteiger partial charge is 0.338 e. The van der Waals surface area contributed by atoms with Gasteiger partial charge in [0.2, 0.25) is 0 Å². The second kappa shape index (κ2) is 5.29. The third-order valence-electron chi connectivity index (χ3n) is 1.87. The van der Waals surface area contributed by atoms with Crippen LogP contribution in [-0.2, 0) is 0 Å². The average molecular weight is 410 g/mol. The lowest BCUT2D eigenvalue weighted by atomic mass is 10.3. The first kappa shape index (κ1) is 12.1. The first-order chi connectivity index (χ1) is 7.68. The van der Waals surface area contributed by atoms with Crippen LogP contribution in [0.4, 0.5) is 11.5 Å². The van der Waals surface area contributed by atoms with Crippen LogP contribution in [0.3, 0.4) is 0 Å². The number of hydrogen-bond acceptors (Lipinski definition) is 3. The van der Waals surface area contributed by atoms with Crippen LogP contribution in [0, 0.1) is 3.57 Å². The Morgan fingerprint density at radius 3 is 2.75 bits per heavy atom. The normalized spacial score (nSPS) is 10.2. The first-order valence-electron chi connectivity index (χ1n) is 4.36. The van der Waals surface area contributed by atoms with Gasteiger partial charge in [-0.15, -0.1) is 0 Å². The van der Waals surface area contributed by atoms with Gasteiger partial charge >= 0.3 is 0 Å². The molecule has 6 heteroatoms. The fourth-order valence-corrected chi connectivity index (χ4v) is 2.08. The highest BCUT2D eigenvalue weighted by Crippen LogP contribution is 2.29. The van der Waals surface area contributed by atoms with Crippen molar-refractivity contribution >= 4 is 61.6 Å². The molecule has 3 nitrogen and oxygen atoms in total. The lowest BCUT2D eigenvalue weighted by molar-refractivity contribution is 1.15. The third kappa shape index (κ3) is 2.64. The minimum Gasteiger partial charge on any atom is -0.338 e. The molecule has 0 aliphatic rings. The van der Waals surface area contributed by atoms with Gasteiger partial charge in [0.1, 0.15) is 17.3 Å². The molecule has 1 aromatic carbocycles. The second-order valence-electron chi connectivity index (χ2n) is 2.93. The predicted molar refractivity (Wildman–Crippen MR) is 77.2 cm³/mol. The summed E-state index contributed by atoms with van der Waals surface area (Å²) >= 11 is 11.5. The van der Waals surface area contributed by atoms with Crippen LogP contribution in [0.5, 0.6) is 0 Å². The maximum absolute atomic E-state index is 5.88. The van der Waals surface area contributed by atoms with Gasteiger partial charge in [0, 0.05) is 3.57 Å². The van der Waals surface area contributed by atoms with Crippen LogP contribution in [0.2, 0.25) is 5.15 Å². The van der Waals surface area contributed by atoms with Gasteiger partial charge in [-0.05, 0) is 50.7 Å². The number of rotatable bonds is 2. The van der Waals surface area contributed by atoms with Crippen LogP contribution >= 0.6 is 50.1 Å². The molecule has 2 rings (SSSR count). The van der Waals surface area contributed by atoms with Crippen LogP contribution in [-0.4, -0.2) is 9.97 Å². The molecule has 1 heterocycles. The van der Waals surface area contributed by atoms with Crippen molar-refractivity contribution in [2.75, 3.05) is 5.32 Å². The summed E-state index contributed by atoms with van der Waals surface area (Å²) in [6, 6.07) is 7.93. The summed E-state index contributed by atoms with van der Waals surface area (Å²) in [4.78, 5) is 7.99. The van der Waals surface area contributed by atoms with E-state index in [-0.39, 0.29) is 0 Å². The van der Waals surface area contributed by atoms with Crippen molar-refractivity contribution in [1.29, 1.82) is 0 Å². The van der Waals surface area contributed by atoms with Crippen LogP contribution < -0.4 is 5.32 Å².